The van der Waals surface area contributed by atoms with Crippen molar-refractivity contribution < 1.29 is 9.18 Å². The van der Waals surface area contributed by atoms with E-state index in [1.54, 1.807) is 12.1 Å². The molecule has 0 aromatic heterocycles. The van der Waals surface area contributed by atoms with Crippen molar-refractivity contribution in [2.75, 3.05) is 0 Å². The largest absolute Gasteiger partial charge is 0.353 e. The molecule has 1 N–H and O–H groups in total. The van der Waals surface area contributed by atoms with E-state index in [1.807, 2.05) is 6.92 Å². The summed E-state index contributed by atoms with van der Waals surface area (Å²) < 4.78 is 12.7. The molecule has 0 aliphatic carbocycles. The van der Waals surface area contributed by atoms with E-state index in [2.05, 4.69) is 19.2 Å². The normalized spacial score (nSPS) is 12.5. The highest BCUT2D eigenvalue weighted by atomic mass is 19.1. The summed E-state index contributed by atoms with van der Waals surface area (Å²) in [5.41, 5.74) is 0.841. The van der Waals surface area contributed by atoms with Crippen LogP contribution in [0.25, 0.3) is 0 Å². The van der Waals surface area contributed by atoms with Crippen molar-refractivity contribution in [1.29, 1.82) is 0 Å². The quantitative estimate of drug-likeness (QED) is 0.800. The number of benzene rings is 1. The molecule has 1 aromatic rings. The van der Waals surface area contributed by atoms with Gasteiger partial charge in [-0.3, -0.25) is 4.79 Å². The van der Waals surface area contributed by atoms with Crippen LogP contribution >= 0.6 is 0 Å². The molecule has 0 aliphatic rings. The summed E-state index contributed by atoms with van der Waals surface area (Å²) in [7, 11) is 0. The molecule has 0 spiro atoms. The zero-order chi connectivity index (χ0) is 14.3. The average Bonchev–Trinajstić information content (AvgIpc) is 2.31. The van der Waals surface area contributed by atoms with Crippen LogP contribution in [-0.2, 0) is 11.2 Å². The Morgan fingerprint density at radius 1 is 1.16 bits per heavy atom. The highest BCUT2D eigenvalue weighted by Gasteiger charge is 2.08. The molecular formula is C16H24FNO. The van der Waals surface area contributed by atoms with Gasteiger partial charge in [0, 0.05) is 6.04 Å². The van der Waals surface area contributed by atoms with Crippen LogP contribution in [0.2, 0.25) is 0 Å². The topological polar surface area (TPSA) is 29.1 Å². The standard InChI is InChI=1S/C16H24FNO/c1-12(2)5-4-6-13(3)18-16(19)11-14-7-9-15(17)10-8-14/h7-10,12-13H,4-6,11H2,1-3H3,(H,18,19). The highest BCUT2D eigenvalue weighted by molar-refractivity contribution is 5.78. The van der Waals surface area contributed by atoms with E-state index in [0.717, 1.165) is 18.4 Å². The summed E-state index contributed by atoms with van der Waals surface area (Å²) in [5, 5.41) is 2.98. The Hall–Kier alpha value is -1.38. The van der Waals surface area contributed by atoms with Gasteiger partial charge in [-0.15, -0.1) is 0 Å². The third-order valence-corrected chi connectivity index (χ3v) is 3.10. The second-order valence-corrected chi connectivity index (χ2v) is 5.60. The van der Waals surface area contributed by atoms with Gasteiger partial charge in [0.05, 0.1) is 6.42 Å². The fourth-order valence-corrected chi connectivity index (χ4v) is 2.02. The number of carbonyl (C=O) groups excluding carboxylic acids is 1. The van der Waals surface area contributed by atoms with Crippen molar-refractivity contribution in [1.82, 2.24) is 5.32 Å². The maximum absolute atomic E-state index is 12.7. The van der Waals surface area contributed by atoms with Gasteiger partial charge in [0.2, 0.25) is 5.91 Å². The number of carbonyl (C=O) groups is 1. The average molecular weight is 265 g/mol. The van der Waals surface area contributed by atoms with Crippen molar-refractivity contribution >= 4 is 5.91 Å². The smallest absolute Gasteiger partial charge is 0.224 e. The zero-order valence-corrected chi connectivity index (χ0v) is 12.1. The van der Waals surface area contributed by atoms with Crippen LogP contribution in [0.5, 0.6) is 0 Å². The monoisotopic (exact) mass is 265 g/mol. The molecule has 0 radical (unpaired) electrons. The summed E-state index contributed by atoms with van der Waals surface area (Å²) in [5.74, 6) is 0.442. The summed E-state index contributed by atoms with van der Waals surface area (Å²) in [6, 6.07) is 6.27. The van der Waals surface area contributed by atoms with Gasteiger partial charge in [-0.1, -0.05) is 38.8 Å². The molecule has 2 nitrogen and oxygen atoms in total. The number of hydrogen-bond acceptors (Lipinski definition) is 1. The molecule has 1 unspecified atom stereocenters. The summed E-state index contributed by atoms with van der Waals surface area (Å²) in [6.45, 7) is 6.44. The summed E-state index contributed by atoms with van der Waals surface area (Å²) >= 11 is 0. The lowest BCUT2D eigenvalue weighted by Crippen LogP contribution is -2.33. The van der Waals surface area contributed by atoms with E-state index < -0.39 is 0 Å². The minimum Gasteiger partial charge on any atom is -0.353 e. The fourth-order valence-electron chi connectivity index (χ4n) is 2.02. The van der Waals surface area contributed by atoms with Crippen LogP contribution in [0, 0.1) is 11.7 Å². The van der Waals surface area contributed by atoms with E-state index in [1.165, 1.54) is 18.6 Å². The lowest BCUT2D eigenvalue weighted by molar-refractivity contribution is -0.121. The van der Waals surface area contributed by atoms with Gasteiger partial charge in [0.15, 0.2) is 0 Å². The van der Waals surface area contributed by atoms with Crippen molar-refractivity contribution in [3.63, 3.8) is 0 Å². The Bertz CT molecular complexity index is 386. The summed E-state index contributed by atoms with van der Waals surface area (Å²) in [6.07, 6.45) is 3.65. The first-order chi connectivity index (χ1) is 8.97. The Balaban J connectivity index is 2.28. The first-order valence-corrected chi connectivity index (χ1v) is 7.01. The predicted molar refractivity (Wildman–Crippen MR) is 76.4 cm³/mol. The maximum atomic E-state index is 12.7. The van der Waals surface area contributed by atoms with Crippen molar-refractivity contribution in [3.05, 3.63) is 35.6 Å². The number of rotatable bonds is 7. The van der Waals surface area contributed by atoms with Gasteiger partial charge < -0.3 is 5.32 Å². The number of hydrogen-bond donors (Lipinski definition) is 1. The van der Waals surface area contributed by atoms with Crippen LogP contribution in [0.3, 0.4) is 0 Å². The number of halogens is 1. The number of amides is 1. The van der Waals surface area contributed by atoms with Gasteiger partial charge in [-0.05, 0) is 37.0 Å². The van der Waals surface area contributed by atoms with Gasteiger partial charge in [-0.2, -0.15) is 0 Å². The number of nitrogens with one attached hydrogen (secondary N) is 1. The Morgan fingerprint density at radius 3 is 2.37 bits per heavy atom. The van der Waals surface area contributed by atoms with Crippen LogP contribution in [0.15, 0.2) is 24.3 Å². The van der Waals surface area contributed by atoms with Crippen molar-refractivity contribution in [3.8, 4) is 0 Å². The van der Waals surface area contributed by atoms with E-state index in [9.17, 15) is 9.18 Å². The van der Waals surface area contributed by atoms with Gasteiger partial charge in [0.25, 0.3) is 0 Å². The van der Waals surface area contributed by atoms with Crippen molar-refractivity contribution in [2.24, 2.45) is 5.92 Å². The maximum Gasteiger partial charge on any atom is 0.224 e. The minimum atomic E-state index is -0.272. The first kappa shape index (κ1) is 15.7. The SMILES string of the molecule is CC(C)CCCC(C)NC(=O)Cc1ccc(F)cc1. The molecule has 0 bridgehead atoms. The summed E-state index contributed by atoms with van der Waals surface area (Å²) in [4.78, 5) is 11.8. The molecule has 1 atom stereocenters. The molecule has 0 saturated carbocycles. The lowest BCUT2D eigenvalue weighted by atomic mass is 10.0. The third kappa shape index (κ3) is 6.94. The molecule has 19 heavy (non-hydrogen) atoms. The molecule has 3 heteroatoms. The predicted octanol–water partition coefficient (Wildman–Crippen LogP) is 3.70. The molecule has 0 aliphatic heterocycles. The fraction of sp³-hybridized carbons (Fsp3) is 0.562. The highest BCUT2D eigenvalue weighted by Crippen LogP contribution is 2.09. The minimum absolute atomic E-state index is 0.00338. The molecule has 106 valence electrons. The molecule has 0 fully saturated rings. The molecule has 1 aromatic carbocycles. The van der Waals surface area contributed by atoms with Crippen LogP contribution in [0.4, 0.5) is 4.39 Å². The Morgan fingerprint density at radius 2 is 1.79 bits per heavy atom. The Kier molecular flexibility index (Phi) is 6.54. The first-order valence-electron chi connectivity index (χ1n) is 7.01. The van der Waals surface area contributed by atoms with Crippen LogP contribution < -0.4 is 5.32 Å². The second-order valence-electron chi connectivity index (χ2n) is 5.60. The third-order valence-electron chi connectivity index (χ3n) is 3.10. The van der Waals surface area contributed by atoms with Gasteiger partial charge in [-0.25, -0.2) is 4.39 Å². The zero-order valence-electron chi connectivity index (χ0n) is 12.1. The van der Waals surface area contributed by atoms with E-state index in [0.29, 0.717) is 12.3 Å². The molecule has 1 rings (SSSR count). The van der Waals surface area contributed by atoms with Crippen LogP contribution in [-0.4, -0.2) is 11.9 Å². The van der Waals surface area contributed by atoms with E-state index in [-0.39, 0.29) is 17.8 Å². The molecular weight excluding hydrogens is 241 g/mol. The van der Waals surface area contributed by atoms with Gasteiger partial charge in [0.1, 0.15) is 5.82 Å². The Labute approximate surface area is 115 Å². The second kappa shape index (κ2) is 7.93. The van der Waals surface area contributed by atoms with E-state index in [4.69, 9.17) is 0 Å². The molecule has 0 heterocycles. The van der Waals surface area contributed by atoms with Gasteiger partial charge >= 0.3 is 0 Å². The molecule has 0 saturated heterocycles. The van der Waals surface area contributed by atoms with Crippen LogP contribution in [0.1, 0.15) is 45.6 Å². The van der Waals surface area contributed by atoms with Crippen molar-refractivity contribution in [2.45, 2.75) is 52.5 Å². The lowest BCUT2D eigenvalue weighted by Gasteiger charge is -2.14. The molecule has 1 amide bonds. The van der Waals surface area contributed by atoms with E-state index >= 15 is 0 Å².